The van der Waals surface area contributed by atoms with Crippen LogP contribution in [0.15, 0.2) is 36.4 Å². The molecule has 2 rings (SSSR count). The van der Waals surface area contributed by atoms with Crippen LogP contribution in [0.1, 0.15) is 29.2 Å². The van der Waals surface area contributed by atoms with Crippen molar-refractivity contribution in [3.63, 3.8) is 0 Å². The molecule has 2 aromatic rings. The molecule has 0 amide bonds. The molecule has 0 heterocycles. The minimum Gasteiger partial charge on any atom is -0.488 e. The van der Waals surface area contributed by atoms with Crippen LogP contribution < -0.4 is 14.8 Å². The lowest BCUT2D eigenvalue weighted by Crippen LogP contribution is -2.23. The van der Waals surface area contributed by atoms with E-state index in [0.29, 0.717) is 5.75 Å². The van der Waals surface area contributed by atoms with Crippen LogP contribution in [0.25, 0.3) is 0 Å². The molecule has 0 aliphatic heterocycles. The Kier molecular flexibility index (Phi) is 6.47. The van der Waals surface area contributed by atoms with Gasteiger partial charge in [-0.1, -0.05) is 25.1 Å². The van der Waals surface area contributed by atoms with Crippen molar-refractivity contribution in [2.75, 3.05) is 7.05 Å². The van der Waals surface area contributed by atoms with Crippen LogP contribution >= 0.6 is 12.2 Å². The molecule has 0 spiro atoms. The van der Waals surface area contributed by atoms with Crippen LogP contribution in [0.3, 0.4) is 0 Å². The topological polar surface area (TPSA) is 30.5 Å². The van der Waals surface area contributed by atoms with Gasteiger partial charge in [0.15, 0.2) is 0 Å². The van der Waals surface area contributed by atoms with Crippen molar-refractivity contribution in [3.8, 4) is 11.5 Å². The first-order valence-electron chi connectivity index (χ1n) is 8.07. The molecule has 7 heteroatoms. The minimum absolute atomic E-state index is 0.0157. The first-order valence-corrected chi connectivity index (χ1v) is 8.48. The molecule has 140 valence electrons. The van der Waals surface area contributed by atoms with E-state index >= 15 is 0 Å². The summed E-state index contributed by atoms with van der Waals surface area (Å²) in [4.78, 5) is 0. The van der Waals surface area contributed by atoms with E-state index in [9.17, 15) is 13.2 Å². The van der Waals surface area contributed by atoms with Gasteiger partial charge in [0.2, 0.25) is 0 Å². The average molecular weight is 383 g/mol. The van der Waals surface area contributed by atoms with Crippen molar-refractivity contribution in [1.82, 2.24) is 5.32 Å². The lowest BCUT2D eigenvalue weighted by molar-refractivity contribution is -0.138. The number of aryl methyl sites for hydroxylation is 2. The number of hydrogen-bond acceptors (Lipinski definition) is 3. The van der Waals surface area contributed by atoms with Crippen LogP contribution in [0.2, 0.25) is 0 Å². The molecule has 26 heavy (non-hydrogen) atoms. The first-order chi connectivity index (χ1) is 12.3. The number of hydrogen-bond donors (Lipinski definition) is 1. The lowest BCUT2D eigenvalue weighted by Gasteiger charge is -2.18. The maximum Gasteiger partial charge on any atom is 0.416 e. The summed E-state index contributed by atoms with van der Waals surface area (Å²) in [7, 11) is 1.53. The summed E-state index contributed by atoms with van der Waals surface area (Å²) >= 11 is 4.90. The summed E-state index contributed by atoms with van der Waals surface area (Å²) in [5.74, 6) is 0.545. The number of ether oxygens (including phenoxy) is 2. The highest BCUT2D eigenvalue weighted by atomic mass is 32.1. The summed E-state index contributed by atoms with van der Waals surface area (Å²) in [5.41, 5.74) is 1.09. The number of thiocarbonyl (C=S) groups is 1. The molecule has 0 radical (unpaired) electrons. The zero-order valence-corrected chi connectivity index (χ0v) is 15.6. The Bertz CT molecular complexity index is 791. The quantitative estimate of drug-likeness (QED) is 0.733. The predicted octanol–water partition coefficient (Wildman–Crippen LogP) is 5.04. The highest BCUT2D eigenvalue weighted by molar-refractivity contribution is 7.80. The second-order valence-corrected chi connectivity index (χ2v) is 6.03. The van der Waals surface area contributed by atoms with Crippen molar-refractivity contribution < 1.29 is 22.6 Å². The number of rotatable bonds is 5. The van der Waals surface area contributed by atoms with Gasteiger partial charge < -0.3 is 14.8 Å². The van der Waals surface area contributed by atoms with E-state index in [1.54, 1.807) is 6.07 Å². The third kappa shape index (κ3) is 4.88. The summed E-state index contributed by atoms with van der Waals surface area (Å²) in [6, 6.07) is 9.33. The average Bonchev–Trinajstić information content (AvgIpc) is 2.60. The van der Waals surface area contributed by atoms with Crippen molar-refractivity contribution in [1.29, 1.82) is 0 Å². The normalized spacial score (nSPS) is 11.2. The Labute approximate surface area is 156 Å². The molecule has 0 aliphatic carbocycles. The van der Waals surface area contributed by atoms with Crippen molar-refractivity contribution >= 4 is 17.4 Å². The van der Waals surface area contributed by atoms with Crippen LogP contribution in [-0.4, -0.2) is 12.2 Å². The predicted molar refractivity (Wildman–Crippen MR) is 98.6 cm³/mol. The summed E-state index contributed by atoms with van der Waals surface area (Å²) < 4.78 is 51.2. The van der Waals surface area contributed by atoms with E-state index in [1.807, 2.05) is 26.0 Å². The van der Waals surface area contributed by atoms with E-state index in [1.165, 1.54) is 19.2 Å². The van der Waals surface area contributed by atoms with Gasteiger partial charge in [-0.05, 0) is 54.9 Å². The fourth-order valence-electron chi connectivity index (χ4n) is 2.47. The van der Waals surface area contributed by atoms with Gasteiger partial charge in [0.25, 0.3) is 5.17 Å². The zero-order valence-electron chi connectivity index (χ0n) is 14.7. The van der Waals surface area contributed by atoms with Crippen LogP contribution in [0.5, 0.6) is 11.5 Å². The standard InChI is InChI=1S/C19H20F3NO2S/c1-4-13-8-9-16(12(2)10-13)24-11-14-15(19(20,21)22)6-5-7-17(14)25-18(26)23-3/h5-10H,4,11H2,1-3H3,(H,23,26). The molecule has 0 saturated heterocycles. The van der Waals surface area contributed by atoms with E-state index in [2.05, 4.69) is 5.32 Å². The third-order valence-electron chi connectivity index (χ3n) is 3.86. The maximum absolute atomic E-state index is 13.4. The number of benzene rings is 2. The SMILES string of the molecule is CCc1ccc(OCc2c(OC(=S)NC)cccc2C(F)(F)F)c(C)c1. The van der Waals surface area contributed by atoms with Gasteiger partial charge >= 0.3 is 6.18 Å². The van der Waals surface area contributed by atoms with E-state index < -0.39 is 11.7 Å². The van der Waals surface area contributed by atoms with Gasteiger partial charge in [-0.25, -0.2) is 0 Å². The summed E-state index contributed by atoms with van der Waals surface area (Å²) in [5, 5.41) is 2.56. The van der Waals surface area contributed by atoms with Gasteiger partial charge in [0, 0.05) is 12.6 Å². The Morgan fingerprint density at radius 2 is 1.88 bits per heavy atom. The van der Waals surface area contributed by atoms with Crippen LogP contribution in [-0.2, 0) is 19.2 Å². The zero-order chi connectivity index (χ0) is 19.3. The fourth-order valence-corrected chi connectivity index (χ4v) is 2.56. The van der Waals surface area contributed by atoms with Crippen LogP contribution in [0, 0.1) is 6.92 Å². The molecule has 0 fully saturated rings. The second-order valence-electron chi connectivity index (χ2n) is 5.66. The van der Waals surface area contributed by atoms with Gasteiger partial charge in [0.1, 0.15) is 18.1 Å². The smallest absolute Gasteiger partial charge is 0.416 e. The Morgan fingerprint density at radius 3 is 2.46 bits per heavy atom. The molecule has 1 N–H and O–H groups in total. The molecular formula is C19H20F3NO2S. The summed E-state index contributed by atoms with van der Waals surface area (Å²) in [6.07, 6.45) is -3.65. The van der Waals surface area contributed by atoms with E-state index in [0.717, 1.165) is 23.6 Å². The molecule has 2 aromatic carbocycles. The largest absolute Gasteiger partial charge is 0.488 e. The van der Waals surface area contributed by atoms with E-state index in [-0.39, 0.29) is 23.1 Å². The Morgan fingerprint density at radius 1 is 1.15 bits per heavy atom. The van der Waals surface area contributed by atoms with Crippen molar-refractivity contribution in [2.45, 2.75) is 33.1 Å². The maximum atomic E-state index is 13.4. The van der Waals surface area contributed by atoms with Gasteiger partial charge in [-0.2, -0.15) is 13.2 Å². The van der Waals surface area contributed by atoms with E-state index in [4.69, 9.17) is 21.7 Å². The van der Waals surface area contributed by atoms with Crippen molar-refractivity contribution in [2.24, 2.45) is 0 Å². The van der Waals surface area contributed by atoms with Crippen LogP contribution in [0.4, 0.5) is 13.2 Å². The van der Waals surface area contributed by atoms with Gasteiger partial charge in [0.05, 0.1) is 5.56 Å². The van der Waals surface area contributed by atoms with Gasteiger partial charge in [-0.15, -0.1) is 0 Å². The lowest BCUT2D eigenvalue weighted by atomic mass is 10.1. The number of halogens is 3. The van der Waals surface area contributed by atoms with Gasteiger partial charge in [-0.3, -0.25) is 0 Å². The number of nitrogens with one attached hydrogen (secondary N) is 1. The molecular weight excluding hydrogens is 363 g/mol. The third-order valence-corrected chi connectivity index (χ3v) is 4.15. The fraction of sp³-hybridized carbons (Fsp3) is 0.316. The first kappa shape index (κ1) is 20.0. The highest BCUT2D eigenvalue weighted by Crippen LogP contribution is 2.37. The Balaban J connectivity index is 2.35. The highest BCUT2D eigenvalue weighted by Gasteiger charge is 2.35. The minimum atomic E-state index is -4.53. The number of alkyl halides is 3. The molecule has 3 nitrogen and oxygen atoms in total. The second kappa shape index (κ2) is 8.40. The molecule has 0 aliphatic rings. The Hall–Kier alpha value is -2.28. The monoisotopic (exact) mass is 383 g/mol. The summed E-state index contributed by atoms with van der Waals surface area (Å²) in [6.45, 7) is 3.60. The van der Waals surface area contributed by atoms with Crippen molar-refractivity contribution in [3.05, 3.63) is 58.7 Å². The molecule has 0 saturated carbocycles. The molecule has 0 aromatic heterocycles. The molecule has 0 atom stereocenters. The molecule has 0 bridgehead atoms. The molecule has 0 unspecified atom stereocenters.